The van der Waals surface area contributed by atoms with Gasteiger partial charge >= 0.3 is 5.69 Å². The largest absolute Gasteiger partial charge is 0.493 e. The molecule has 1 N–H and O–H groups in total. The highest BCUT2D eigenvalue weighted by molar-refractivity contribution is 6.28. The predicted molar refractivity (Wildman–Crippen MR) is 103 cm³/mol. The third kappa shape index (κ3) is 2.49. The van der Waals surface area contributed by atoms with Crippen LogP contribution >= 0.6 is 0 Å². The molecule has 0 fully saturated rings. The van der Waals surface area contributed by atoms with E-state index >= 15 is 0 Å². The molecule has 0 saturated carbocycles. The number of aromatic hydroxyl groups is 1. The molecule has 3 aromatic rings. The number of rotatable bonds is 2. The number of benzene rings is 2. The van der Waals surface area contributed by atoms with Crippen molar-refractivity contribution in [2.45, 2.75) is 0 Å². The standard InChI is InChI=1S/C19H15N5O5/c1-22-15(25)12-10-7-5-4-6-9(10)8-11(13(12)16(22)26)20-21-14-17(27)23(2)19(29)24(3)18(14)28/h4-8,27H,1-3H3. The Kier molecular flexibility index (Phi) is 3.93. The number of azo groups is 1. The molecule has 0 saturated heterocycles. The summed E-state index contributed by atoms with van der Waals surface area (Å²) in [4.78, 5) is 50.3. The minimum absolute atomic E-state index is 0.0704. The monoisotopic (exact) mass is 393 g/mol. The summed E-state index contributed by atoms with van der Waals surface area (Å²) in [5, 5.41) is 19.2. The summed E-state index contributed by atoms with van der Waals surface area (Å²) in [7, 11) is 3.89. The van der Waals surface area contributed by atoms with Crippen LogP contribution in [-0.4, -0.2) is 38.0 Å². The molecule has 10 heteroatoms. The highest BCUT2D eigenvalue weighted by Crippen LogP contribution is 2.37. The van der Waals surface area contributed by atoms with Crippen LogP contribution in [0.4, 0.5) is 11.4 Å². The molecule has 0 bridgehead atoms. The molecule has 2 amide bonds. The lowest BCUT2D eigenvalue weighted by Crippen LogP contribution is -2.36. The summed E-state index contributed by atoms with van der Waals surface area (Å²) < 4.78 is 1.63. The molecule has 29 heavy (non-hydrogen) atoms. The zero-order chi connectivity index (χ0) is 21.0. The van der Waals surface area contributed by atoms with E-state index in [1.54, 1.807) is 30.3 Å². The molecular weight excluding hydrogens is 378 g/mol. The first-order chi connectivity index (χ1) is 13.7. The van der Waals surface area contributed by atoms with E-state index in [9.17, 15) is 24.3 Å². The zero-order valence-electron chi connectivity index (χ0n) is 15.7. The lowest BCUT2D eigenvalue weighted by Gasteiger charge is -2.07. The van der Waals surface area contributed by atoms with Crippen LogP contribution in [0.2, 0.25) is 0 Å². The summed E-state index contributed by atoms with van der Waals surface area (Å²) in [6, 6.07) is 8.59. The molecule has 10 nitrogen and oxygen atoms in total. The van der Waals surface area contributed by atoms with Crippen LogP contribution in [0.1, 0.15) is 20.7 Å². The number of imide groups is 1. The smallest absolute Gasteiger partial charge is 0.333 e. The summed E-state index contributed by atoms with van der Waals surface area (Å²) in [5.41, 5.74) is -1.66. The van der Waals surface area contributed by atoms with E-state index in [4.69, 9.17) is 0 Å². The number of fused-ring (bicyclic) bond motifs is 3. The molecule has 146 valence electrons. The first kappa shape index (κ1) is 18.3. The number of aromatic nitrogens is 2. The minimum atomic E-state index is -0.841. The first-order valence-electron chi connectivity index (χ1n) is 8.53. The van der Waals surface area contributed by atoms with E-state index in [1.807, 2.05) is 0 Å². The average molecular weight is 393 g/mol. The highest BCUT2D eigenvalue weighted by atomic mass is 16.3. The van der Waals surface area contributed by atoms with Crippen LogP contribution in [-0.2, 0) is 14.1 Å². The predicted octanol–water partition coefficient (Wildman–Crippen LogP) is 1.58. The van der Waals surface area contributed by atoms with E-state index in [-0.39, 0.29) is 16.8 Å². The molecule has 4 rings (SSSR count). The number of carbonyl (C=O) groups excluding carboxylic acids is 2. The molecule has 1 aromatic heterocycles. The van der Waals surface area contributed by atoms with Crippen molar-refractivity contribution in [3.8, 4) is 5.88 Å². The van der Waals surface area contributed by atoms with Crippen LogP contribution in [0, 0.1) is 0 Å². The van der Waals surface area contributed by atoms with Gasteiger partial charge in [0.05, 0.1) is 16.8 Å². The maximum atomic E-state index is 12.6. The lowest BCUT2D eigenvalue weighted by atomic mass is 9.99. The topological polar surface area (TPSA) is 126 Å². The van der Waals surface area contributed by atoms with Gasteiger partial charge in [0.1, 0.15) is 0 Å². The van der Waals surface area contributed by atoms with E-state index in [2.05, 4.69) is 10.2 Å². The van der Waals surface area contributed by atoms with Crippen LogP contribution in [0.5, 0.6) is 5.88 Å². The second kappa shape index (κ2) is 6.23. The third-order valence-electron chi connectivity index (χ3n) is 4.93. The summed E-state index contributed by atoms with van der Waals surface area (Å²) in [6.45, 7) is 0. The average Bonchev–Trinajstić information content (AvgIpc) is 2.95. The van der Waals surface area contributed by atoms with Gasteiger partial charge in [-0.2, -0.15) is 0 Å². The Hall–Kier alpha value is -4.08. The van der Waals surface area contributed by atoms with Crippen molar-refractivity contribution in [2.24, 2.45) is 24.3 Å². The molecule has 0 atom stereocenters. The Morgan fingerprint density at radius 2 is 1.52 bits per heavy atom. The number of nitrogens with zero attached hydrogens (tertiary/aromatic N) is 5. The Labute approximate surface area is 162 Å². The Balaban J connectivity index is 1.99. The Bertz CT molecular complexity index is 1380. The molecule has 1 aliphatic rings. The lowest BCUT2D eigenvalue weighted by molar-refractivity contribution is 0.0694. The number of carbonyl (C=O) groups is 2. The quantitative estimate of drug-likeness (QED) is 0.522. The van der Waals surface area contributed by atoms with Gasteiger partial charge in [0, 0.05) is 21.1 Å². The van der Waals surface area contributed by atoms with Crippen molar-refractivity contribution < 1.29 is 14.7 Å². The van der Waals surface area contributed by atoms with Gasteiger partial charge in [-0.3, -0.25) is 28.4 Å². The second-order valence-electron chi connectivity index (χ2n) is 6.61. The molecule has 2 heterocycles. The van der Waals surface area contributed by atoms with Gasteiger partial charge in [0.15, 0.2) is 0 Å². The molecule has 0 spiro atoms. The van der Waals surface area contributed by atoms with Gasteiger partial charge in [-0.05, 0) is 16.8 Å². The number of hydrogen-bond acceptors (Lipinski definition) is 7. The maximum absolute atomic E-state index is 12.6. The third-order valence-corrected chi connectivity index (χ3v) is 4.93. The highest BCUT2D eigenvalue weighted by Gasteiger charge is 2.37. The van der Waals surface area contributed by atoms with Gasteiger partial charge in [-0.25, -0.2) is 4.79 Å². The van der Waals surface area contributed by atoms with Crippen LogP contribution in [0.15, 0.2) is 50.1 Å². The summed E-state index contributed by atoms with van der Waals surface area (Å²) in [6.07, 6.45) is 0. The molecule has 0 radical (unpaired) electrons. The zero-order valence-corrected chi connectivity index (χ0v) is 15.7. The number of amides is 2. The van der Waals surface area contributed by atoms with Crippen molar-refractivity contribution in [1.82, 2.24) is 14.0 Å². The van der Waals surface area contributed by atoms with Gasteiger partial charge in [0.25, 0.3) is 17.4 Å². The molecule has 0 unspecified atom stereocenters. The van der Waals surface area contributed by atoms with Gasteiger partial charge in [0.2, 0.25) is 11.6 Å². The van der Waals surface area contributed by atoms with Crippen molar-refractivity contribution in [3.05, 3.63) is 62.3 Å². The fourth-order valence-electron chi connectivity index (χ4n) is 3.29. The van der Waals surface area contributed by atoms with Crippen molar-refractivity contribution in [1.29, 1.82) is 0 Å². The number of hydrogen-bond donors (Lipinski definition) is 1. The van der Waals surface area contributed by atoms with Gasteiger partial charge < -0.3 is 5.11 Å². The van der Waals surface area contributed by atoms with E-state index in [0.717, 1.165) is 14.0 Å². The van der Waals surface area contributed by atoms with Crippen molar-refractivity contribution in [3.63, 3.8) is 0 Å². The van der Waals surface area contributed by atoms with E-state index in [1.165, 1.54) is 21.1 Å². The Morgan fingerprint density at radius 1 is 0.862 bits per heavy atom. The SMILES string of the molecule is CN1C(=O)c2c(N=Nc3c(O)n(C)c(=O)n(C)c3=O)cc3ccccc3c2C1=O. The van der Waals surface area contributed by atoms with Crippen LogP contribution < -0.4 is 11.2 Å². The van der Waals surface area contributed by atoms with E-state index < -0.39 is 34.6 Å². The summed E-state index contributed by atoms with van der Waals surface area (Å²) >= 11 is 0. The molecule has 2 aromatic carbocycles. The van der Waals surface area contributed by atoms with Crippen molar-refractivity contribution >= 4 is 34.0 Å². The summed E-state index contributed by atoms with van der Waals surface area (Å²) in [5.74, 6) is -1.65. The minimum Gasteiger partial charge on any atom is -0.493 e. The van der Waals surface area contributed by atoms with Crippen LogP contribution in [0.25, 0.3) is 10.8 Å². The van der Waals surface area contributed by atoms with E-state index in [0.29, 0.717) is 10.8 Å². The molecule has 1 aliphatic heterocycles. The Morgan fingerprint density at radius 3 is 2.24 bits per heavy atom. The van der Waals surface area contributed by atoms with Gasteiger partial charge in [-0.1, -0.05) is 24.3 Å². The maximum Gasteiger partial charge on any atom is 0.333 e. The second-order valence-corrected chi connectivity index (χ2v) is 6.61. The fourth-order valence-corrected chi connectivity index (χ4v) is 3.29. The molecular formula is C19H15N5O5. The molecule has 0 aliphatic carbocycles. The van der Waals surface area contributed by atoms with Crippen LogP contribution in [0.3, 0.4) is 0 Å². The van der Waals surface area contributed by atoms with Crippen molar-refractivity contribution in [2.75, 3.05) is 7.05 Å². The first-order valence-corrected chi connectivity index (χ1v) is 8.53. The normalized spacial score (nSPS) is 13.7. The van der Waals surface area contributed by atoms with Gasteiger partial charge in [-0.15, -0.1) is 10.2 Å². The fraction of sp³-hybridized carbons (Fsp3) is 0.158.